The Labute approximate surface area is 110 Å². The van der Waals surface area contributed by atoms with E-state index in [4.69, 9.17) is 34.8 Å². The summed E-state index contributed by atoms with van der Waals surface area (Å²) in [7, 11) is 0. The van der Waals surface area contributed by atoms with Crippen molar-refractivity contribution in [1.82, 2.24) is 0 Å². The predicted octanol–water partition coefficient (Wildman–Crippen LogP) is 5.24. The van der Waals surface area contributed by atoms with Gasteiger partial charge in [-0.1, -0.05) is 65.1 Å². The molecule has 16 heavy (non-hydrogen) atoms. The maximum atomic E-state index is 6.12. The summed E-state index contributed by atoms with van der Waals surface area (Å²) in [5.41, 5.74) is 2.09. The van der Waals surface area contributed by atoms with Crippen molar-refractivity contribution < 1.29 is 0 Å². The lowest BCUT2D eigenvalue weighted by molar-refractivity contribution is 1.19. The molecule has 0 saturated heterocycles. The van der Waals surface area contributed by atoms with Gasteiger partial charge in [-0.15, -0.1) is 0 Å². The fourth-order valence-electron chi connectivity index (χ4n) is 1.54. The van der Waals surface area contributed by atoms with Gasteiger partial charge in [0.25, 0.3) is 0 Å². The van der Waals surface area contributed by atoms with Gasteiger partial charge in [-0.25, -0.2) is 0 Å². The Balaban J connectivity index is 2.35. The molecule has 0 aromatic heterocycles. The van der Waals surface area contributed by atoms with E-state index < -0.39 is 0 Å². The summed E-state index contributed by atoms with van der Waals surface area (Å²) < 4.78 is 0. The first-order valence-electron chi connectivity index (χ1n) is 4.84. The molecule has 0 unspecified atom stereocenters. The quantitative estimate of drug-likeness (QED) is 0.701. The van der Waals surface area contributed by atoms with Crippen molar-refractivity contribution >= 4 is 34.8 Å². The zero-order valence-electron chi connectivity index (χ0n) is 8.38. The van der Waals surface area contributed by atoms with Crippen LogP contribution in [0.3, 0.4) is 0 Å². The van der Waals surface area contributed by atoms with Crippen LogP contribution in [0, 0.1) is 0 Å². The number of hydrogen-bond donors (Lipinski definition) is 0. The molecule has 0 spiro atoms. The Hall–Kier alpha value is -0.690. The molecule has 0 aliphatic carbocycles. The zero-order valence-corrected chi connectivity index (χ0v) is 10.7. The first-order valence-corrected chi connectivity index (χ1v) is 5.97. The van der Waals surface area contributed by atoms with E-state index in [1.165, 1.54) is 5.56 Å². The molecule has 2 rings (SSSR count). The maximum Gasteiger partial charge on any atom is 0.0471 e. The molecule has 0 atom stereocenters. The SMILES string of the molecule is Clc1cc(Cl)c(Cc2ccccc2)c(Cl)c1. The summed E-state index contributed by atoms with van der Waals surface area (Å²) in [6.45, 7) is 0. The van der Waals surface area contributed by atoms with Crippen molar-refractivity contribution in [1.29, 1.82) is 0 Å². The Kier molecular flexibility index (Phi) is 3.75. The van der Waals surface area contributed by atoms with Gasteiger partial charge in [-0.05, 0) is 23.3 Å². The highest BCUT2D eigenvalue weighted by Gasteiger charge is 2.08. The molecule has 3 heteroatoms. The topological polar surface area (TPSA) is 0 Å². The Morgan fingerprint density at radius 1 is 0.812 bits per heavy atom. The molecule has 0 saturated carbocycles. The van der Waals surface area contributed by atoms with E-state index >= 15 is 0 Å². The van der Waals surface area contributed by atoms with E-state index in [1.807, 2.05) is 30.3 Å². The number of benzene rings is 2. The van der Waals surface area contributed by atoms with Crippen LogP contribution in [-0.2, 0) is 6.42 Å². The van der Waals surface area contributed by atoms with Crippen LogP contribution in [-0.4, -0.2) is 0 Å². The molecule has 0 aliphatic rings. The zero-order chi connectivity index (χ0) is 11.5. The van der Waals surface area contributed by atoms with Crippen molar-refractivity contribution in [2.45, 2.75) is 6.42 Å². The number of halogens is 3. The molecule has 0 amide bonds. The van der Waals surface area contributed by atoms with Crippen LogP contribution in [0.4, 0.5) is 0 Å². The van der Waals surface area contributed by atoms with Crippen molar-refractivity contribution in [3.05, 3.63) is 68.7 Å². The van der Waals surface area contributed by atoms with Gasteiger partial charge < -0.3 is 0 Å². The van der Waals surface area contributed by atoms with E-state index in [-0.39, 0.29) is 0 Å². The van der Waals surface area contributed by atoms with Crippen LogP contribution < -0.4 is 0 Å². The molecular weight excluding hydrogens is 263 g/mol. The van der Waals surface area contributed by atoms with Crippen LogP contribution in [0.25, 0.3) is 0 Å². The minimum atomic E-state index is 0.562. The van der Waals surface area contributed by atoms with Gasteiger partial charge >= 0.3 is 0 Å². The Morgan fingerprint density at radius 3 is 1.94 bits per heavy atom. The van der Waals surface area contributed by atoms with Gasteiger partial charge in [0.05, 0.1) is 0 Å². The van der Waals surface area contributed by atoms with Crippen molar-refractivity contribution in [2.24, 2.45) is 0 Å². The highest BCUT2D eigenvalue weighted by molar-refractivity contribution is 6.39. The third-order valence-corrected chi connectivity index (χ3v) is 3.22. The molecule has 82 valence electrons. The van der Waals surface area contributed by atoms with Crippen LogP contribution in [0.1, 0.15) is 11.1 Å². The predicted molar refractivity (Wildman–Crippen MR) is 70.7 cm³/mol. The van der Waals surface area contributed by atoms with E-state index in [0.717, 1.165) is 12.0 Å². The largest absolute Gasteiger partial charge is 0.0842 e. The highest BCUT2D eigenvalue weighted by atomic mass is 35.5. The van der Waals surface area contributed by atoms with Crippen LogP contribution in [0.15, 0.2) is 42.5 Å². The van der Waals surface area contributed by atoms with Gasteiger partial charge in [-0.3, -0.25) is 0 Å². The molecule has 0 nitrogen and oxygen atoms in total. The van der Waals surface area contributed by atoms with E-state index in [2.05, 4.69) is 0 Å². The summed E-state index contributed by atoms with van der Waals surface area (Å²) >= 11 is 18.1. The fourth-order valence-corrected chi connectivity index (χ4v) is 2.49. The van der Waals surface area contributed by atoms with Crippen molar-refractivity contribution in [3.63, 3.8) is 0 Å². The Morgan fingerprint density at radius 2 is 1.38 bits per heavy atom. The molecule has 0 N–H and O–H groups in total. The first-order chi connectivity index (χ1) is 7.66. The normalized spacial score (nSPS) is 10.4. The lowest BCUT2D eigenvalue weighted by Gasteiger charge is -2.07. The maximum absolute atomic E-state index is 6.12. The van der Waals surface area contributed by atoms with Crippen LogP contribution >= 0.6 is 34.8 Å². The van der Waals surface area contributed by atoms with Crippen LogP contribution in [0.5, 0.6) is 0 Å². The van der Waals surface area contributed by atoms with Crippen LogP contribution in [0.2, 0.25) is 15.1 Å². The summed E-state index contributed by atoms with van der Waals surface area (Å²) in [5.74, 6) is 0. The van der Waals surface area contributed by atoms with E-state index in [9.17, 15) is 0 Å². The smallest absolute Gasteiger partial charge is 0.0471 e. The lowest BCUT2D eigenvalue weighted by Crippen LogP contribution is -1.90. The molecule has 0 heterocycles. The van der Waals surface area contributed by atoms with Gasteiger partial charge in [0, 0.05) is 21.5 Å². The molecule has 2 aromatic carbocycles. The lowest BCUT2D eigenvalue weighted by atomic mass is 10.1. The summed E-state index contributed by atoms with van der Waals surface area (Å²) in [6.07, 6.45) is 0.718. The summed E-state index contributed by atoms with van der Waals surface area (Å²) in [6, 6.07) is 13.5. The summed E-state index contributed by atoms with van der Waals surface area (Å²) in [4.78, 5) is 0. The molecule has 0 bridgehead atoms. The first kappa shape index (κ1) is 11.8. The van der Waals surface area contributed by atoms with E-state index in [1.54, 1.807) is 12.1 Å². The summed E-state index contributed by atoms with van der Waals surface area (Å²) in [5, 5.41) is 1.79. The minimum absolute atomic E-state index is 0.562. The number of hydrogen-bond acceptors (Lipinski definition) is 0. The second-order valence-electron chi connectivity index (χ2n) is 3.51. The third kappa shape index (κ3) is 2.70. The monoisotopic (exact) mass is 270 g/mol. The van der Waals surface area contributed by atoms with Crippen molar-refractivity contribution in [3.8, 4) is 0 Å². The minimum Gasteiger partial charge on any atom is -0.0842 e. The second kappa shape index (κ2) is 5.09. The van der Waals surface area contributed by atoms with E-state index in [0.29, 0.717) is 15.1 Å². The molecule has 0 radical (unpaired) electrons. The highest BCUT2D eigenvalue weighted by Crippen LogP contribution is 2.30. The molecule has 0 fully saturated rings. The van der Waals surface area contributed by atoms with Gasteiger partial charge in [-0.2, -0.15) is 0 Å². The average Bonchev–Trinajstić information content (AvgIpc) is 2.25. The average molecular weight is 272 g/mol. The second-order valence-corrected chi connectivity index (χ2v) is 4.76. The third-order valence-electron chi connectivity index (χ3n) is 2.33. The van der Waals surface area contributed by atoms with Crippen molar-refractivity contribution in [2.75, 3.05) is 0 Å². The van der Waals surface area contributed by atoms with Gasteiger partial charge in [0.2, 0.25) is 0 Å². The molecular formula is C13H9Cl3. The fraction of sp³-hybridized carbons (Fsp3) is 0.0769. The Bertz CT molecular complexity index is 469. The number of rotatable bonds is 2. The van der Waals surface area contributed by atoms with Gasteiger partial charge in [0.1, 0.15) is 0 Å². The van der Waals surface area contributed by atoms with Gasteiger partial charge in [0.15, 0.2) is 0 Å². The molecule has 2 aromatic rings. The molecule has 0 aliphatic heterocycles. The standard InChI is InChI=1S/C13H9Cl3/c14-10-7-12(15)11(13(16)8-10)6-9-4-2-1-3-5-9/h1-5,7-8H,6H2.